The molecule has 4 rings (SSSR count). The first-order valence-corrected chi connectivity index (χ1v) is 8.31. The van der Waals surface area contributed by atoms with E-state index in [1.54, 1.807) is 28.1 Å². The number of furan rings is 1. The highest BCUT2D eigenvalue weighted by Crippen LogP contribution is 2.26. The van der Waals surface area contributed by atoms with Crippen molar-refractivity contribution in [3.05, 3.63) is 37.4 Å². The molecule has 0 bridgehead atoms. The van der Waals surface area contributed by atoms with Crippen molar-refractivity contribution in [1.29, 1.82) is 0 Å². The van der Waals surface area contributed by atoms with Gasteiger partial charge in [0.2, 0.25) is 11.9 Å². The maximum absolute atomic E-state index is 11.8. The highest BCUT2D eigenvalue weighted by atomic mass is 16.3. The van der Waals surface area contributed by atoms with E-state index in [0.717, 1.165) is 12.1 Å². The van der Waals surface area contributed by atoms with E-state index in [1.807, 2.05) is 13.2 Å². The van der Waals surface area contributed by atoms with Crippen molar-refractivity contribution in [2.45, 2.75) is 12.5 Å². The Labute approximate surface area is 149 Å². The molecule has 1 fully saturated rings. The van der Waals surface area contributed by atoms with Crippen LogP contribution in [0.2, 0.25) is 0 Å². The number of hydrogen-bond acceptors (Lipinski definition) is 7. The summed E-state index contributed by atoms with van der Waals surface area (Å²) >= 11 is 0. The Morgan fingerprint density at radius 2 is 2.35 bits per heavy atom. The molecule has 3 aromatic heterocycles. The molecule has 134 valence electrons. The molecule has 2 N–H and O–H groups in total. The van der Waals surface area contributed by atoms with Crippen LogP contribution in [0, 0.1) is 0 Å². The van der Waals surface area contributed by atoms with Gasteiger partial charge in [0.15, 0.2) is 11.4 Å². The third kappa shape index (κ3) is 3.10. The molecule has 1 aliphatic rings. The van der Waals surface area contributed by atoms with Crippen molar-refractivity contribution in [3.63, 3.8) is 0 Å². The Balaban J connectivity index is 1.57. The lowest BCUT2D eigenvalue weighted by Crippen LogP contribution is -2.30. The summed E-state index contributed by atoms with van der Waals surface area (Å²) in [6.07, 6.45) is 7.29. The number of aromatic nitrogens is 4. The van der Waals surface area contributed by atoms with Gasteiger partial charge in [-0.25, -0.2) is 4.98 Å². The fourth-order valence-electron chi connectivity index (χ4n) is 3.03. The second-order valence-electron chi connectivity index (χ2n) is 6.18. The molecule has 1 amide bonds. The molecule has 1 aliphatic heterocycles. The summed E-state index contributed by atoms with van der Waals surface area (Å²) < 4.78 is 7.23. The molecule has 26 heavy (non-hydrogen) atoms. The Kier molecular flexibility index (Phi) is 4.04. The number of likely N-dealkylation sites (tertiary alicyclic amines) is 1. The van der Waals surface area contributed by atoms with Crippen molar-refractivity contribution < 1.29 is 9.21 Å². The fraction of sp³-hybridized carbons (Fsp3) is 0.294. The Bertz CT molecular complexity index is 961. The average molecular weight is 353 g/mol. The molecule has 3 aromatic rings. The highest BCUT2D eigenvalue weighted by molar-refractivity contribution is 5.87. The van der Waals surface area contributed by atoms with E-state index in [9.17, 15) is 4.79 Å². The molecule has 0 aromatic carbocycles. The van der Waals surface area contributed by atoms with E-state index in [-0.39, 0.29) is 11.9 Å². The predicted molar refractivity (Wildman–Crippen MR) is 97.1 cm³/mol. The van der Waals surface area contributed by atoms with E-state index in [1.165, 1.54) is 6.08 Å². The topological polar surface area (TPSA) is 101 Å². The van der Waals surface area contributed by atoms with Gasteiger partial charge in [-0.05, 0) is 12.5 Å². The molecule has 0 aliphatic carbocycles. The van der Waals surface area contributed by atoms with Gasteiger partial charge in [0, 0.05) is 38.4 Å². The van der Waals surface area contributed by atoms with Gasteiger partial charge in [-0.15, -0.1) is 0 Å². The van der Waals surface area contributed by atoms with Crippen molar-refractivity contribution in [1.82, 2.24) is 24.6 Å². The molecule has 0 saturated carbocycles. The van der Waals surface area contributed by atoms with Gasteiger partial charge in [-0.3, -0.25) is 9.48 Å². The maximum atomic E-state index is 11.8. The van der Waals surface area contributed by atoms with Crippen LogP contribution in [0.1, 0.15) is 6.42 Å². The number of nitrogens with zero attached hydrogens (tertiary/aromatic N) is 5. The van der Waals surface area contributed by atoms with Crippen LogP contribution in [-0.4, -0.2) is 49.7 Å². The van der Waals surface area contributed by atoms with Gasteiger partial charge in [0.1, 0.15) is 5.52 Å². The summed E-state index contributed by atoms with van der Waals surface area (Å²) in [7, 11) is 1.84. The number of hydrogen-bond donors (Lipinski definition) is 2. The molecule has 0 radical (unpaired) electrons. The second kappa shape index (κ2) is 6.51. The summed E-state index contributed by atoms with van der Waals surface area (Å²) in [4.78, 5) is 22.5. The summed E-state index contributed by atoms with van der Waals surface area (Å²) in [6, 6.07) is 1.88. The SMILES string of the molecule is C=CC(=O)N1CC[C@@H](Nc2nc(Nc3cnn(C)c3)nc3ccoc23)C1. The smallest absolute Gasteiger partial charge is 0.246 e. The van der Waals surface area contributed by atoms with Crippen molar-refractivity contribution >= 4 is 34.5 Å². The normalized spacial score (nSPS) is 16.8. The van der Waals surface area contributed by atoms with E-state index >= 15 is 0 Å². The minimum Gasteiger partial charge on any atom is -0.459 e. The number of amides is 1. The molecule has 0 spiro atoms. The third-order valence-corrected chi connectivity index (χ3v) is 4.28. The summed E-state index contributed by atoms with van der Waals surface area (Å²) in [5.74, 6) is 0.995. The van der Waals surface area contributed by atoms with E-state index in [2.05, 4.69) is 32.3 Å². The monoisotopic (exact) mass is 353 g/mol. The van der Waals surface area contributed by atoms with Crippen LogP contribution in [0.25, 0.3) is 11.1 Å². The minimum absolute atomic E-state index is 0.0564. The fourth-order valence-corrected chi connectivity index (χ4v) is 3.03. The number of anilines is 3. The predicted octanol–water partition coefficient (Wildman–Crippen LogP) is 1.90. The van der Waals surface area contributed by atoms with Crippen LogP contribution in [0.5, 0.6) is 0 Å². The number of carbonyl (C=O) groups excluding carboxylic acids is 1. The van der Waals surface area contributed by atoms with Crippen molar-refractivity contribution in [3.8, 4) is 0 Å². The zero-order valence-corrected chi connectivity index (χ0v) is 14.3. The number of aryl methyl sites for hydroxylation is 1. The molecular weight excluding hydrogens is 334 g/mol. The Hall–Kier alpha value is -3.36. The van der Waals surface area contributed by atoms with Gasteiger partial charge in [0.25, 0.3) is 0 Å². The standard InChI is InChI=1S/C17H19N7O2/c1-3-14(25)24-6-4-11(10-24)19-16-15-13(5-7-26-15)21-17(22-16)20-12-8-18-23(2)9-12/h3,5,7-9,11H,1,4,6,10H2,2H3,(H2,19,20,21,22)/t11-/m1/s1. The second-order valence-corrected chi connectivity index (χ2v) is 6.18. The molecule has 9 heteroatoms. The number of carbonyl (C=O) groups is 1. The molecule has 1 saturated heterocycles. The molecule has 0 unspecified atom stereocenters. The Morgan fingerprint density at radius 1 is 1.46 bits per heavy atom. The van der Waals surface area contributed by atoms with E-state index < -0.39 is 0 Å². The van der Waals surface area contributed by atoms with Gasteiger partial charge in [-0.2, -0.15) is 10.1 Å². The Morgan fingerprint density at radius 3 is 3.12 bits per heavy atom. The quantitative estimate of drug-likeness (QED) is 0.676. The number of fused-ring (bicyclic) bond motifs is 1. The van der Waals surface area contributed by atoms with E-state index in [0.29, 0.717) is 36.0 Å². The van der Waals surface area contributed by atoms with Gasteiger partial charge >= 0.3 is 0 Å². The molecule has 1 atom stereocenters. The highest BCUT2D eigenvalue weighted by Gasteiger charge is 2.26. The largest absolute Gasteiger partial charge is 0.459 e. The van der Waals surface area contributed by atoms with Crippen LogP contribution in [0.15, 0.2) is 41.8 Å². The number of nitrogens with one attached hydrogen (secondary N) is 2. The summed E-state index contributed by atoms with van der Waals surface area (Å²) in [6.45, 7) is 4.83. The lowest BCUT2D eigenvalue weighted by molar-refractivity contribution is -0.125. The maximum Gasteiger partial charge on any atom is 0.246 e. The van der Waals surface area contributed by atoms with Gasteiger partial charge in [0.05, 0.1) is 18.1 Å². The van der Waals surface area contributed by atoms with Crippen LogP contribution in [0.4, 0.5) is 17.5 Å². The average Bonchev–Trinajstić information content (AvgIpc) is 3.35. The third-order valence-electron chi connectivity index (χ3n) is 4.28. The summed E-state index contributed by atoms with van der Waals surface area (Å²) in [5, 5.41) is 10.6. The van der Waals surface area contributed by atoms with Gasteiger partial charge < -0.3 is 20.0 Å². The first kappa shape index (κ1) is 16.1. The van der Waals surface area contributed by atoms with Crippen LogP contribution in [0.3, 0.4) is 0 Å². The lowest BCUT2D eigenvalue weighted by Gasteiger charge is -2.16. The van der Waals surface area contributed by atoms with E-state index in [4.69, 9.17) is 4.42 Å². The minimum atomic E-state index is -0.0564. The van der Waals surface area contributed by atoms with Gasteiger partial charge in [-0.1, -0.05) is 6.58 Å². The zero-order valence-electron chi connectivity index (χ0n) is 14.3. The lowest BCUT2D eigenvalue weighted by atomic mass is 10.2. The van der Waals surface area contributed by atoms with Crippen molar-refractivity contribution in [2.24, 2.45) is 7.05 Å². The molecule has 4 heterocycles. The number of rotatable bonds is 5. The van der Waals surface area contributed by atoms with Crippen molar-refractivity contribution in [2.75, 3.05) is 23.7 Å². The van der Waals surface area contributed by atoms with Crippen LogP contribution >= 0.6 is 0 Å². The first-order valence-electron chi connectivity index (χ1n) is 8.31. The van der Waals surface area contributed by atoms with Crippen LogP contribution in [-0.2, 0) is 11.8 Å². The first-order chi connectivity index (χ1) is 12.6. The molecule has 9 nitrogen and oxygen atoms in total. The van der Waals surface area contributed by atoms with Crippen LogP contribution < -0.4 is 10.6 Å². The summed E-state index contributed by atoms with van der Waals surface area (Å²) in [5.41, 5.74) is 2.09. The zero-order chi connectivity index (χ0) is 18.1. The molecular formula is C17H19N7O2.